The van der Waals surface area contributed by atoms with Gasteiger partial charge in [0.1, 0.15) is 5.82 Å². The third-order valence-corrected chi connectivity index (χ3v) is 4.00. The van der Waals surface area contributed by atoms with Crippen LogP contribution in [-0.4, -0.2) is 49.7 Å². The molecule has 0 bridgehead atoms. The average molecular weight is 262 g/mol. The highest BCUT2D eigenvalue weighted by Gasteiger charge is 2.23. The fraction of sp³-hybridized carbons (Fsp3) is 0.667. The highest BCUT2D eigenvalue weighted by molar-refractivity contribution is 5.37. The molecule has 0 aromatic carbocycles. The van der Waals surface area contributed by atoms with Crippen molar-refractivity contribution < 1.29 is 0 Å². The van der Waals surface area contributed by atoms with Gasteiger partial charge < -0.3 is 10.2 Å². The van der Waals surface area contributed by atoms with Gasteiger partial charge in [0.2, 0.25) is 0 Å². The van der Waals surface area contributed by atoms with Gasteiger partial charge in [-0.2, -0.15) is 0 Å². The van der Waals surface area contributed by atoms with E-state index in [0.29, 0.717) is 6.04 Å². The zero-order valence-corrected chi connectivity index (χ0v) is 12.4. The Balaban J connectivity index is 1.95. The Morgan fingerprint density at radius 3 is 2.95 bits per heavy atom. The van der Waals surface area contributed by atoms with Gasteiger partial charge in [-0.05, 0) is 45.0 Å². The number of pyridine rings is 1. The highest BCUT2D eigenvalue weighted by Crippen LogP contribution is 2.20. The number of likely N-dealkylation sites (N-methyl/N-ethyl adjacent to an activating group) is 1. The second kappa shape index (κ2) is 6.87. The van der Waals surface area contributed by atoms with Crippen LogP contribution >= 0.6 is 0 Å². The number of rotatable bonds is 6. The minimum atomic E-state index is 0.683. The molecule has 1 aliphatic heterocycles. The van der Waals surface area contributed by atoms with Crippen LogP contribution in [0, 0.1) is 0 Å². The van der Waals surface area contributed by atoms with Gasteiger partial charge in [0.15, 0.2) is 0 Å². The lowest BCUT2D eigenvalue weighted by atomic mass is 10.2. The fourth-order valence-electron chi connectivity index (χ4n) is 2.70. The van der Waals surface area contributed by atoms with Crippen molar-refractivity contribution in [1.82, 2.24) is 15.2 Å². The maximum atomic E-state index is 4.55. The van der Waals surface area contributed by atoms with Crippen LogP contribution in [0.3, 0.4) is 0 Å². The van der Waals surface area contributed by atoms with Crippen LogP contribution < -0.4 is 10.2 Å². The Hall–Kier alpha value is -1.13. The summed E-state index contributed by atoms with van der Waals surface area (Å²) in [5.41, 5.74) is 1.32. The standard InChI is InChI=1S/C15H26N4/c1-4-18(3)15-8-7-13(10-17-15)12-19-9-5-6-14(19)11-16-2/h7-8,10,14,16H,4-6,9,11-12H2,1-3H3. The Kier molecular flexibility index (Phi) is 5.16. The molecule has 1 aromatic heterocycles. The van der Waals surface area contributed by atoms with Crippen molar-refractivity contribution in [2.45, 2.75) is 32.4 Å². The number of nitrogens with one attached hydrogen (secondary N) is 1. The summed E-state index contributed by atoms with van der Waals surface area (Å²) >= 11 is 0. The predicted molar refractivity (Wildman–Crippen MR) is 80.5 cm³/mol. The molecular weight excluding hydrogens is 236 g/mol. The van der Waals surface area contributed by atoms with Gasteiger partial charge in [-0.25, -0.2) is 4.98 Å². The lowest BCUT2D eigenvalue weighted by Gasteiger charge is -2.24. The Labute approximate surface area is 116 Å². The normalized spacial score (nSPS) is 19.8. The molecule has 1 aliphatic rings. The van der Waals surface area contributed by atoms with Crippen LogP contribution in [0.15, 0.2) is 18.3 Å². The molecule has 4 nitrogen and oxygen atoms in total. The van der Waals surface area contributed by atoms with Crippen molar-refractivity contribution in [1.29, 1.82) is 0 Å². The van der Waals surface area contributed by atoms with Crippen molar-refractivity contribution in [3.8, 4) is 0 Å². The molecule has 2 rings (SSSR count). The molecule has 1 saturated heterocycles. The minimum Gasteiger partial charge on any atom is -0.360 e. The maximum absolute atomic E-state index is 4.55. The van der Waals surface area contributed by atoms with Crippen LogP contribution in [0.25, 0.3) is 0 Å². The van der Waals surface area contributed by atoms with E-state index in [1.165, 1.54) is 24.9 Å². The summed E-state index contributed by atoms with van der Waals surface area (Å²) in [6.07, 6.45) is 4.65. The largest absolute Gasteiger partial charge is 0.360 e. The van der Waals surface area contributed by atoms with E-state index in [0.717, 1.165) is 25.5 Å². The number of aromatic nitrogens is 1. The van der Waals surface area contributed by atoms with Crippen LogP contribution in [-0.2, 0) is 6.54 Å². The van der Waals surface area contributed by atoms with E-state index >= 15 is 0 Å². The monoisotopic (exact) mass is 262 g/mol. The number of hydrogen-bond acceptors (Lipinski definition) is 4. The summed E-state index contributed by atoms with van der Waals surface area (Å²) in [7, 11) is 4.11. The quantitative estimate of drug-likeness (QED) is 0.846. The van der Waals surface area contributed by atoms with Crippen molar-refractivity contribution in [2.75, 3.05) is 38.6 Å². The lowest BCUT2D eigenvalue weighted by molar-refractivity contribution is 0.242. The third kappa shape index (κ3) is 3.67. The molecular formula is C15H26N4. The van der Waals surface area contributed by atoms with Crippen LogP contribution in [0.4, 0.5) is 5.82 Å². The van der Waals surface area contributed by atoms with E-state index in [1.807, 2.05) is 13.2 Å². The zero-order chi connectivity index (χ0) is 13.7. The van der Waals surface area contributed by atoms with E-state index in [1.54, 1.807) is 0 Å². The average Bonchev–Trinajstić information content (AvgIpc) is 2.86. The smallest absolute Gasteiger partial charge is 0.128 e. The van der Waals surface area contributed by atoms with Gasteiger partial charge >= 0.3 is 0 Å². The van der Waals surface area contributed by atoms with Gasteiger partial charge in [0.25, 0.3) is 0 Å². The number of nitrogens with zero attached hydrogens (tertiary/aromatic N) is 3. The number of hydrogen-bond donors (Lipinski definition) is 1. The predicted octanol–water partition coefficient (Wildman–Crippen LogP) is 1.72. The van der Waals surface area contributed by atoms with Gasteiger partial charge in [0, 0.05) is 38.9 Å². The summed E-state index contributed by atoms with van der Waals surface area (Å²) in [5.74, 6) is 1.06. The molecule has 1 aromatic rings. The molecule has 106 valence electrons. The first-order valence-corrected chi connectivity index (χ1v) is 7.29. The molecule has 1 fully saturated rings. The first-order chi connectivity index (χ1) is 9.24. The van der Waals surface area contributed by atoms with Crippen molar-refractivity contribution in [2.24, 2.45) is 0 Å². The summed E-state index contributed by atoms with van der Waals surface area (Å²) in [4.78, 5) is 9.27. The maximum Gasteiger partial charge on any atom is 0.128 e. The summed E-state index contributed by atoms with van der Waals surface area (Å²) in [6.45, 7) is 6.45. The fourth-order valence-corrected chi connectivity index (χ4v) is 2.70. The Bertz CT molecular complexity index is 376. The van der Waals surface area contributed by atoms with Crippen molar-refractivity contribution in [3.63, 3.8) is 0 Å². The van der Waals surface area contributed by atoms with Crippen LogP contribution in [0.5, 0.6) is 0 Å². The molecule has 2 heterocycles. The zero-order valence-electron chi connectivity index (χ0n) is 12.4. The topological polar surface area (TPSA) is 31.4 Å². The second-order valence-corrected chi connectivity index (χ2v) is 5.36. The van der Waals surface area contributed by atoms with Gasteiger partial charge in [-0.15, -0.1) is 0 Å². The summed E-state index contributed by atoms with van der Waals surface area (Å²) in [5, 5.41) is 3.29. The first kappa shape index (κ1) is 14.3. The minimum absolute atomic E-state index is 0.683. The third-order valence-electron chi connectivity index (χ3n) is 4.00. The molecule has 0 saturated carbocycles. The Morgan fingerprint density at radius 1 is 1.47 bits per heavy atom. The molecule has 1 unspecified atom stereocenters. The van der Waals surface area contributed by atoms with Gasteiger partial charge in [0.05, 0.1) is 0 Å². The first-order valence-electron chi connectivity index (χ1n) is 7.29. The van der Waals surface area contributed by atoms with Gasteiger partial charge in [-0.1, -0.05) is 6.07 Å². The molecule has 4 heteroatoms. The second-order valence-electron chi connectivity index (χ2n) is 5.36. The SMILES string of the molecule is CCN(C)c1ccc(CN2CCCC2CNC)cn1. The summed E-state index contributed by atoms with van der Waals surface area (Å²) < 4.78 is 0. The summed E-state index contributed by atoms with van der Waals surface area (Å²) in [6, 6.07) is 5.02. The van der Waals surface area contributed by atoms with Crippen LogP contribution in [0.1, 0.15) is 25.3 Å². The molecule has 0 radical (unpaired) electrons. The molecule has 0 amide bonds. The van der Waals surface area contributed by atoms with Gasteiger partial charge in [-0.3, -0.25) is 4.90 Å². The molecule has 19 heavy (non-hydrogen) atoms. The van der Waals surface area contributed by atoms with E-state index < -0.39 is 0 Å². The molecule has 0 spiro atoms. The number of likely N-dealkylation sites (tertiary alicyclic amines) is 1. The molecule has 1 atom stereocenters. The van der Waals surface area contributed by atoms with E-state index in [9.17, 15) is 0 Å². The van der Waals surface area contributed by atoms with E-state index in [-0.39, 0.29) is 0 Å². The molecule has 0 aliphatic carbocycles. The van der Waals surface area contributed by atoms with Crippen molar-refractivity contribution in [3.05, 3.63) is 23.9 Å². The molecule has 1 N–H and O–H groups in total. The van der Waals surface area contributed by atoms with Crippen LogP contribution in [0.2, 0.25) is 0 Å². The lowest BCUT2D eigenvalue weighted by Crippen LogP contribution is -2.36. The number of anilines is 1. The van der Waals surface area contributed by atoms with E-state index in [2.05, 4.69) is 46.2 Å². The highest BCUT2D eigenvalue weighted by atomic mass is 15.2. The van der Waals surface area contributed by atoms with Crippen molar-refractivity contribution >= 4 is 5.82 Å². The van der Waals surface area contributed by atoms with E-state index in [4.69, 9.17) is 0 Å². The Morgan fingerprint density at radius 2 is 2.32 bits per heavy atom.